The first-order valence-electron chi connectivity index (χ1n) is 6.98. The van der Waals surface area contributed by atoms with Crippen molar-refractivity contribution in [1.82, 2.24) is 5.32 Å². The predicted molar refractivity (Wildman–Crippen MR) is 83.4 cm³/mol. The van der Waals surface area contributed by atoms with Crippen LogP contribution >= 0.6 is 0 Å². The van der Waals surface area contributed by atoms with Crippen LogP contribution < -0.4 is 10.6 Å². The summed E-state index contributed by atoms with van der Waals surface area (Å²) in [4.78, 5) is 23.1. The van der Waals surface area contributed by atoms with Crippen molar-refractivity contribution < 1.29 is 18.4 Å². The lowest BCUT2D eigenvalue weighted by atomic mass is 10.0. The lowest BCUT2D eigenvalue weighted by Gasteiger charge is -2.11. The third-order valence-corrected chi connectivity index (χ3v) is 3.39. The zero-order valence-corrected chi connectivity index (χ0v) is 12.7. The van der Waals surface area contributed by atoms with Gasteiger partial charge in [0.1, 0.15) is 17.3 Å². The average molecular weight is 318 g/mol. The molecule has 120 valence electrons. The van der Waals surface area contributed by atoms with E-state index in [1.165, 1.54) is 13.0 Å². The molecule has 2 amide bonds. The van der Waals surface area contributed by atoms with E-state index in [1.54, 1.807) is 18.2 Å². The maximum atomic E-state index is 13.4. The maximum absolute atomic E-state index is 13.4. The zero-order chi connectivity index (χ0) is 17.0. The number of halogens is 2. The summed E-state index contributed by atoms with van der Waals surface area (Å²) in [5.41, 5.74) is 1.74. The Balaban J connectivity index is 2.01. The minimum absolute atomic E-state index is 0.0413. The number of anilines is 1. The first kappa shape index (κ1) is 16.6. The molecule has 2 aromatic carbocycles. The number of carbonyl (C=O) groups is 2. The van der Waals surface area contributed by atoms with E-state index in [0.29, 0.717) is 5.56 Å². The van der Waals surface area contributed by atoms with Crippen molar-refractivity contribution in [2.75, 3.05) is 5.32 Å². The number of aryl methyl sites for hydroxylation is 1. The SMILES string of the molecule is CC(=O)c1ccc(CNC(=O)Nc2c(F)cccc2F)c(C)c1. The van der Waals surface area contributed by atoms with Crippen LogP contribution in [0.25, 0.3) is 0 Å². The predicted octanol–water partition coefficient (Wildman–Crippen LogP) is 3.80. The van der Waals surface area contributed by atoms with Crippen LogP contribution in [0.15, 0.2) is 36.4 Å². The lowest BCUT2D eigenvalue weighted by Crippen LogP contribution is -2.29. The largest absolute Gasteiger partial charge is 0.334 e. The number of rotatable bonds is 4. The smallest absolute Gasteiger partial charge is 0.319 e. The van der Waals surface area contributed by atoms with Gasteiger partial charge in [0.05, 0.1) is 0 Å². The molecular formula is C17H16F2N2O2. The van der Waals surface area contributed by atoms with Gasteiger partial charge in [0.2, 0.25) is 0 Å². The molecule has 23 heavy (non-hydrogen) atoms. The standard InChI is InChI=1S/C17H16F2N2O2/c1-10-8-12(11(2)22)6-7-13(10)9-20-17(23)21-16-14(18)4-3-5-15(16)19/h3-8H,9H2,1-2H3,(H2,20,21,23). The Morgan fingerprint density at radius 2 is 1.74 bits per heavy atom. The van der Waals surface area contributed by atoms with Gasteiger partial charge in [-0.05, 0) is 43.2 Å². The van der Waals surface area contributed by atoms with E-state index >= 15 is 0 Å². The Labute approximate surface area is 132 Å². The highest BCUT2D eigenvalue weighted by atomic mass is 19.1. The van der Waals surface area contributed by atoms with Gasteiger partial charge >= 0.3 is 6.03 Å². The molecule has 0 radical (unpaired) electrons. The minimum Gasteiger partial charge on any atom is -0.334 e. The summed E-state index contributed by atoms with van der Waals surface area (Å²) in [5, 5.41) is 4.67. The molecule has 0 aromatic heterocycles. The normalized spacial score (nSPS) is 10.3. The van der Waals surface area contributed by atoms with Gasteiger partial charge in [0.15, 0.2) is 5.78 Å². The van der Waals surface area contributed by atoms with Crippen LogP contribution in [0.3, 0.4) is 0 Å². The maximum Gasteiger partial charge on any atom is 0.319 e. The Hall–Kier alpha value is -2.76. The summed E-state index contributed by atoms with van der Waals surface area (Å²) in [6.07, 6.45) is 0. The summed E-state index contributed by atoms with van der Waals surface area (Å²) in [5.74, 6) is -1.73. The van der Waals surface area contributed by atoms with Crippen LogP contribution in [0.5, 0.6) is 0 Å². The number of amides is 2. The summed E-state index contributed by atoms with van der Waals surface area (Å²) >= 11 is 0. The minimum atomic E-state index is -0.845. The highest BCUT2D eigenvalue weighted by Gasteiger charge is 2.12. The number of benzene rings is 2. The topological polar surface area (TPSA) is 58.2 Å². The summed E-state index contributed by atoms with van der Waals surface area (Å²) in [6, 6.07) is 7.74. The lowest BCUT2D eigenvalue weighted by molar-refractivity contribution is 0.101. The fourth-order valence-electron chi connectivity index (χ4n) is 2.06. The number of para-hydroxylation sites is 1. The molecule has 0 aliphatic heterocycles. The highest BCUT2D eigenvalue weighted by Crippen LogP contribution is 2.18. The number of nitrogens with one attached hydrogen (secondary N) is 2. The van der Waals surface area contributed by atoms with E-state index in [4.69, 9.17) is 0 Å². The van der Waals surface area contributed by atoms with Crippen LogP contribution in [0.4, 0.5) is 19.3 Å². The highest BCUT2D eigenvalue weighted by molar-refractivity contribution is 5.94. The monoisotopic (exact) mass is 318 g/mol. The second kappa shape index (κ2) is 7.00. The van der Waals surface area contributed by atoms with Crippen molar-refractivity contribution >= 4 is 17.5 Å². The van der Waals surface area contributed by atoms with E-state index in [-0.39, 0.29) is 12.3 Å². The Bertz CT molecular complexity index is 740. The molecule has 0 aliphatic rings. The average Bonchev–Trinajstić information content (AvgIpc) is 2.49. The third-order valence-electron chi connectivity index (χ3n) is 3.39. The molecule has 0 spiro atoms. The molecule has 0 aliphatic carbocycles. The van der Waals surface area contributed by atoms with Gasteiger partial charge in [-0.15, -0.1) is 0 Å². The van der Waals surface area contributed by atoms with E-state index in [2.05, 4.69) is 10.6 Å². The molecular weight excluding hydrogens is 302 g/mol. The van der Waals surface area contributed by atoms with Crippen molar-refractivity contribution in [2.45, 2.75) is 20.4 Å². The van der Waals surface area contributed by atoms with Crippen LogP contribution in [-0.4, -0.2) is 11.8 Å². The van der Waals surface area contributed by atoms with E-state index in [9.17, 15) is 18.4 Å². The molecule has 2 rings (SSSR count). The molecule has 0 bridgehead atoms. The second-order valence-electron chi connectivity index (χ2n) is 5.10. The number of urea groups is 1. The number of Topliss-reactive ketones (excluding diaryl/α,β-unsaturated/α-hetero) is 1. The zero-order valence-electron chi connectivity index (χ0n) is 12.7. The van der Waals surface area contributed by atoms with Gasteiger partial charge in [-0.2, -0.15) is 0 Å². The van der Waals surface area contributed by atoms with Gasteiger partial charge in [0.25, 0.3) is 0 Å². The molecule has 0 atom stereocenters. The Morgan fingerprint density at radius 3 is 2.30 bits per heavy atom. The van der Waals surface area contributed by atoms with Gasteiger partial charge in [-0.1, -0.05) is 18.2 Å². The number of hydrogen-bond donors (Lipinski definition) is 2. The molecule has 0 saturated heterocycles. The van der Waals surface area contributed by atoms with Crippen LogP contribution in [0.2, 0.25) is 0 Å². The number of hydrogen-bond acceptors (Lipinski definition) is 2. The second-order valence-corrected chi connectivity index (χ2v) is 5.10. The fourth-order valence-corrected chi connectivity index (χ4v) is 2.06. The number of ketones is 1. The van der Waals surface area contributed by atoms with Crippen molar-refractivity contribution in [3.05, 3.63) is 64.7 Å². The molecule has 6 heteroatoms. The van der Waals surface area contributed by atoms with Crippen molar-refractivity contribution in [3.8, 4) is 0 Å². The Kier molecular flexibility index (Phi) is 5.05. The van der Waals surface area contributed by atoms with E-state index in [0.717, 1.165) is 23.3 Å². The van der Waals surface area contributed by atoms with Crippen LogP contribution in [0.1, 0.15) is 28.4 Å². The molecule has 4 nitrogen and oxygen atoms in total. The first-order chi connectivity index (χ1) is 10.9. The number of carbonyl (C=O) groups excluding carboxylic acids is 2. The molecule has 0 saturated carbocycles. The van der Waals surface area contributed by atoms with Crippen LogP contribution in [0, 0.1) is 18.6 Å². The van der Waals surface area contributed by atoms with E-state index < -0.39 is 23.4 Å². The quantitative estimate of drug-likeness (QED) is 0.843. The molecule has 0 heterocycles. The van der Waals surface area contributed by atoms with Gasteiger partial charge < -0.3 is 10.6 Å². The first-order valence-corrected chi connectivity index (χ1v) is 6.98. The van der Waals surface area contributed by atoms with E-state index in [1.807, 2.05) is 6.92 Å². The van der Waals surface area contributed by atoms with Crippen molar-refractivity contribution in [1.29, 1.82) is 0 Å². The summed E-state index contributed by atoms with van der Waals surface area (Å²) in [6.45, 7) is 3.47. The Morgan fingerprint density at radius 1 is 1.09 bits per heavy atom. The molecule has 2 N–H and O–H groups in total. The van der Waals surface area contributed by atoms with Crippen molar-refractivity contribution in [3.63, 3.8) is 0 Å². The van der Waals surface area contributed by atoms with Gasteiger partial charge in [-0.3, -0.25) is 4.79 Å². The van der Waals surface area contributed by atoms with Gasteiger partial charge in [0, 0.05) is 12.1 Å². The van der Waals surface area contributed by atoms with Crippen LogP contribution in [-0.2, 0) is 6.54 Å². The summed E-state index contributed by atoms with van der Waals surface area (Å²) in [7, 11) is 0. The molecule has 0 unspecified atom stereocenters. The third kappa shape index (κ3) is 4.12. The molecule has 0 fully saturated rings. The summed E-state index contributed by atoms with van der Waals surface area (Å²) < 4.78 is 26.9. The fraction of sp³-hybridized carbons (Fsp3) is 0.176. The molecule has 2 aromatic rings. The van der Waals surface area contributed by atoms with Gasteiger partial charge in [-0.25, -0.2) is 13.6 Å². The van der Waals surface area contributed by atoms with Crippen molar-refractivity contribution in [2.24, 2.45) is 0 Å².